The zero-order valence-electron chi connectivity index (χ0n) is 13.1. The van der Waals surface area contributed by atoms with E-state index in [1.165, 1.54) is 21.7 Å². The fourth-order valence-electron chi connectivity index (χ4n) is 3.80. The quantitative estimate of drug-likeness (QED) is 0.726. The van der Waals surface area contributed by atoms with Crippen molar-refractivity contribution in [3.8, 4) is 0 Å². The maximum Gasteiger partial charge on any atom is 0.119 e. The van der Waals surface area contributed by atoms with Gasteiger partial charge in [0.2, 0.25) is 0 Å². The molecule has 2 nitrogen and oxygen atoms in total. The number of nitrogens with zero attached hydrogens (tertiary/aromatic N) is 1. The van der Waals surface area contributed by atoms with E-state index in [2.05, 4.69) is 74.3 Å². The highest BCUT2D eigenvalue weighted by atomic mass is 32.2. The molecule has 2 aliphatic heterocycles. The molecule has 0 saturated heterocycles. The summed E-state index contributed by atoms with van der Waals surface area (Å²) in [6.07, 6.45) is 4.58. The van der Waals surface area contributed by atoms with Crippen molar-refractivity contribution in [3.05, 3.63) is 59.7 Å². The van der Waals surface area contributed by atoms with Gasteiger partial charge >= 0.3 is 0 Å². The molecule has 3 heteroatoms. The Morgan fingerprint density at radius 2 is 1.86 bits per heavy atom. The lowest BCUT2D eigenvalue weighted by atomic mass is 9.79. The number of hydrogen-bond acceptors (Lipinski definition) is 3. The Morgan fingerprint density at radius 1 is 1.09 bits per heavy atom. The Bertz CT molecular complexity index is 794. The molecule has 0 fully saturated rings. The maximum atomic E-state index is 5.92. The smallest absolute Gasteiger partial charge is 0.119 e. The lowest BCUT2D eigenvalue weighted by Gasteiger charge is -2.45. The number of likely N-dealkylation sites (N-methyl/N-ethyl adjacent to an activating group) is 1. The number of para-hydroxylation sites is 1. The van der Waals surface area contributed by atoms with Crippen LogP contribution in [-0.4, -0.2) is 11.9 Å². The van der Waals surface area contributed by atoms with Crippen LogP contribution in [0.4, 0.5) is 11.4 Å². The average molecular weight is 308 g/mol. The highest BCUT2D eigenvalue weighted by molar-refractivity contribution is 8.01. The number of rotatable bonds is 0. The van der Waals surface area contributed by atoms with Gasteiger partial charge in [-0.25, -0.2) is 0 Å². The molecule has 22 heavy (non-hydrogen) atoms. The predicted molar refractivity (Wildman–Crippen MR) is 96.3 cm³/mol. The first-order chi connectivity index (χ1) is 10.5. The van der Waals surface area contributed by atoms with Crippen molar-refractivity contribution in [2.24, 2.45) is 0 Å². The number of hydrogen-bond donors (Lipinski definition) is 1. The van der Waals surface area contributed by atoms with E-state index in [9.17, 15) is 0 Å². The normalized spacial score (nSPS) is 24.4. The van der Waals surface area contributed by atoms with Gasteiger partial charge in [0.25, 0.3) is 0 Å². The van der Waals surface area contributed by atoms with Crippen molar-refractivity contribution in [2.45, 2.75) is 29.0 Å². The summed E-state index contributed by atoms with van der Waals surface area (Å²) < 4.78 is 0. The summed E-state index contributed by atoms with van der Waals surface area (Å²) in [5, 5.41) is 0. The lowest BCUT2D eigenvalue weighted by molar-refractivity contribution is 0.451. The molecular weight excluding hydrogens is 288 g/mol. The highest BCUT2D eigenvalue weighted by Crippen LogP contribution is 2.60. The fourth-order valence-corrected chi connectivity index (χ4v) is 5.25. The van der Waals surface area contributed by atoms with Crippen molar-refractivity contribution >= 4 is 29.2 Å². The molecule has 2 heterocycles. The average Bonchev–Trinajstić information content (AvgIpc) is 2.67. The van der Waals surface area contributed by atoms with E-state index >= 15 is 0 Å². The third-order valence-corrected chi connectivity index (χ3v) is 6.94. The molecule has 0 aliphatic carbocycles. The van der Waals surface area contributed by atoms with Crippen LogP contribution in [0.2, 0.25) is 0 Å². The van der Waals surface area contributed by atoms with Gasteiger partial charge in [-0.1, -0.05) is 49.9 Å². The van der Waals surface area contributed by atoms with Crippen molar-refractivity contribution in [2.75, 3.05) is 17.7 Å². The predicted octanol–water partition coefficient (Wildman–Crippen LogP) is 4.51. The number of nitrogen functional groups attached to an aromatic ring is 1. The third-order valence-electron chi connectivity index (χ3n) is 5.12. The summed E-state index contributed by atoms with van der Waals surface area (Å²) >= 11 is 1.93. The van der Waals surface area contributed by atoms with E-state index in [1.54, 1.807) is 0 Å². The topological polar surface area (TPSA) is 29.3 Å². The maximum absolute atomic E-state index is 5.92. The first-order valence-corrected chi connectivity index (χ1v) is 8.38. The first kappa shape index (κ1) is 13.8. The highest BCUT2D eigenvalue weighted by Gasteiger charge is 2.55. The molecule has 0 bridgehead atoms. The van der Waals surface area contributed by atoms with Gasteiger partial charge < -0.3 is 10.6 Å². The minimum atomic E-state index is -0.0974. The van der Waals surface area contributed by atoms with Crippen molar-refractivity contribution in [3.63, 3.8) is 0 Å². The number of fused-ring (bicyclic) bond motifs is 2. The number of benzene rings is 2. The Hall–Kier alpha value is -1.87. The van der Waals surface area contributed by atoms with Gasteiger partial charge in [-0.15, -0.1) is 0 Å². The van der Waals surface area contributed by atoms with Gasteiger partial charge in [0, 0.05) is 28.7 Å². The molecule has 4 rings (SSSR count). The first-order valence-electron chi connectivity index (χ1n) is 7.57. The summed E-state index contributed by atoms with van der Waals surface area (Å²) in [4.78, 5) is 3.62. The molecule has 0 amide bonds. The molecule has 0 saturated carbocycles. The van der Waals surface area contributed by atoms with Crippen LogP contribution >= 0.6 is 11.8 Å². The van der Waals surface area contributed by atoms with Gasteiger partial charge in [-0.05, 0) is 41.5 Å². The van der Waals surface area contributed by atoms with Crippen LogP contribution in [-0.2, 0) is 5.41 Å². The van der Waals surface area contributed by atoms with Gasteiger partial charge in [0.15, 0.2) is 0 Å². The molecule has 1 atom stereocenters. The van der Waals surface area contributed by atoms with Crippen LogP contribution in [0.5, 0.6) is 0 Å². The molecule has 2 N–H and O–H groups in total. The Balaban J connectivity index is 1.89. The van der Waals surface area contributed by atoms with Gasteiger partial charge in [-0.3, -0.25) is 0 Å². The summed E-state index contributed by atoms with van der Waals surface area (Å²) in [5.74, 6) is 0. The molecule has 2 aromatic carbocycles. The summed E-state index contributed by atoms with van der Waals surface area (Å²) in [7, 11) is 2.20. The monoisotopic (exact) mass is 308 g/mol. The number of nitrogens with two attached hydrogens (primary N) is 1. The molecule has 1 unspecified atom stereocenters. The molecular formula is C19H20N2S. The van der Waals surface area contributed by atoms with E-state index in [-0.39, 0.29) is 10.3 Å². The van der Waals surface area contributed by atoms with E-state index < -0.39 is 0 Å². The van der Waals surface area contributed by atoms with Crippen LogP contribution < -0.4 is 10.6 Å². The minimum Gasteiger partial charge on any atom is -0.399 e. The molecule has 0 radical (unpaired) electrons. The van der Waals surface area contributed by atoms with E-state index in [4.69, 9.17) is 5.73 Å². The molecule has 2 aliphatic rings. The third kappa shape index (κ3) is 1.57. The van der Waals surface area contributed by atoms with Crippen molar-refractivity contribution < 1.29 is 0 Å². The second-order valence-corrected chi connectivity index (χ2v) is 7.90. The van der Waals surface area contributed by atoms with Crippen LogP contribution in [0, 0.1) is 0 Å². The number of anilines is 2. The molecule has 2 aromatic rings. The second-order valence-electron chi connectivity index (χ2n) is 6.63. The summed E-state index contributed by atoms with van der Waals surface area (Å²) in [6.45, 7) is 4.68. The van der Waals surface area contributed by atoms with Gasteiger partial charge in [-0.2, -0.15) is 0 Å². The van der Waals surface area contributed by atoms with E-state index in [0.717, 1.165) is 5.69 Å². The second kappa shape index (κ2) is 4.32. The van der Waals surface area contributed by atoms with Crippen molar-refractivity contribution in [1.82, 2.24) is 0 Å². The van der Waals surface area contributed by atoms with Crippen molar-refractivity contribution in [1.29, 1.82) is 0 Å². The summed E-state index contributed by atoms with van der Waals surface area (Å²) in [5.41, 5.74) is 10.7. The Labute approximate surface area is 136 Å². The fraction of sp³-hybridized carbons (Fsp3) is 0.263. The molecule has 1 spiro atoms. The SMILES string of the molecule is CN1c2ccccc2C(C)(C)C12C=Cc1cc(N)ccc1S2. The largest absolute Gasteiger partial charge is 0.399 e. The zero-order valence-corrected chi connectivity index (χ0v) is 13.9. The van der Waals surface area contributed by atoms with Crippen LogP contribution in [0.15, 0.2) is 53.4 Å². The standard InChI is InChI=1S/C19H20N2S/c1-18(2)15-6-4-5-7-16(15)21(3)19(18)11-10-13-12-14(20)8-9-17(13)22-19/h4-12H,20H2,1-3H3. The Morgan fingerprint density at radius 3 is 2.64 bits per heavy atom. The van der Waals surface area contributed by atoms with E-state index in [1.807, 2.05) is 17.8 Å². The molecule has 0 aromatic heterocycles. The number of thioether (sulfide) groups is 1. The minimum absolute atomic E-state index is 0.0264. The van der Waals surface area contributed by atoms with Gasteiger partial charge in [0.05, 0.1) is 0 Å². The zero-order chi connectivity index (χ0) is 15.5. The summed E-state index contributed by atoms with van der Waals surface area (Å²) in [6, 6.07) is 14.9. The molecule has 112 valence electrons. The lowest BCUT2D eigenvalue weighted by Crippen LogP contribution is -2.50. The Kier molecular flexibility index (Phi) is 2.71. The van der Waals surface area contributed by atoms with Crippen LogP contribution in [0.25, 0.3) is 6.08 Å². The van der Waals surface area contributed by atoms with Gasteiger partial charge in [0.1, 0.15) is 4.87 Å². The van der Waals surface area contributed by atoms with Crippen LogP contribution in [0.3, 0.4) is 0 Å². The van der Waals surface area contributed by atoms with Crippen LogP contribution in [0.1, 0.15) is 25.0 Å². The van der Waals surface area contributed by atoms with E-state index in [0.29, 0.717) is 0 Å².